The molecule has 0 unspecified atom stereocenters. The lowest BCUT2D eigenvalue weighted by atomic mass is 10.0. The first-order chi connectivity index (χ1) is 13.1. The number of carbonyl (C=O) groups excluding carboxylic acids is 3. The Bertz CT molecular complexity index is 788. The van der Waals surface area contributed by atoms with E-state index in [9.17, 15) is 14.4 Å². The molecule has 1 aliphatic heterocycles. The molecular formula is C19H23ClN2O6. The minimum absolute atomic E-state index is 0.172. The van der Waals surface area contributed by atoms with Crippen molar-refractivity contribution in [2.24, 2.45) is 0 Å². The molecule has 0 saturated carbocycles. The van der Waals surface area contributed by atoms with E-state index in [2.05, 4.69) is 10.6 Å². The summed E-state index contributed by atoms with van der Waals surface area (Å²) >= 11 is 5.84. The predicted octanol–water partition coefficient (Wildman–Crippen LogP) is 2.56. The summed E-state index contributed by atoms with van der Waals surface area (Å²) in [6, 6.07) is 5.46. The molecule has 1 atom stereocenters. The van der Waals surface area contributed by atoms with Crippen LogP contribution in [0.15, 0.2) is 35.5 Å². The lowest BCUT2D eigenvalue weighted by Gasteiger charge is -2.28. The van der Waals surface area contributed by atoms with E-state index in [1.54, 1.807) is 52.0 Å². The molecule has 0 radical (unpaired) electrons. The molecule has 0 aliphatic carbocycles. The van der Waals surface area contributed by atoms with E-state index < -0.39 is 29.6 Å². The molecule has 1 heterocycles. The number of carbonyl (C=O) groups is 3. The number of hydrogen-bond acceptors (Lipinski definition) is 6. The highest BCUT2D eigenvalue weighted by molar-refractivity contribution is 6.30. The summed E-state index contributed by atoms with van der Waals surface area (Å²) in [6.45, 7) is 6.29. The van der Waals surface area contributed by atoms with Crippen molar-refractivity contribution in [3.05, 3.63) is 40.6 Å². The maximum absolute atomic E-state index is 12.5. The van der Waals surface area contributed by atoms with Crippen molar-refractivity contribution in [1.82, 2.24) is 10.6 Å². The lowest BCUT2D eigenvalue weighted by molar-refractivity contribution is -0.158. The van der Waals surface area contributed by atoms with Crippen molar-refractivity contribution >= 4 is 29.6 Å². The van der Waals surface area contributed by atoms with E-state index >= 15 is 0 Å². The van der Waals surface area contributed by atoms with Gasteiger partial charge in [-0.15, -0.1) is 0 Å². The maximum Gasteiger partial charge on any atom is 0.350 e. The summed E-state index contributed by atoms with van der Waals surface area (Å²) in [5.41, 5.74) is -0.933. The first-order valence-electron chi connectivity index (χ1n) is 8.73. The average Bonchev–Trinajstić information content (AvgIpc) is 2.61. The van der Waals surface area contributed by atoms with Gasteiger partial charge in [0.05, 0.1) is 23.9 Å². The third-order valence-corrected chi connectivity index (χ3v) is 4.14. The fourth-order valence-electron chi connectivity index (χ4n) is 2.54. The van der Waals surface area contributed by atoms with Crippen LogP contribution >= 0.6 is 11.6 Å². The van der Waals surface area contributed by atoms with Gasteiger partial charge in [0.15, 0.2) is 5.60 Å². The number of nitrogens with one attached hydrogen (secondary N) is 2. The number of ether oxygens (including phenoxy) is 3. The number of hydrogen-bond donors (Lipinski definition) is 2. The highest BCUT2D eigenvalue weighted by Gasteiger charge is 2.34. The monoisotopic (exact) mass is 410 g/mol. The molecule has 1 aliphatic rings. The van der Waals surface area contributed by atoms with Crippen LogP contribution in [0.3, 0.4) is 0 Å². The van der Waals surface area contributed by atoms with Crippen molar-refractivity contribution in [2.45, 2.75) is 39.3 Å². The molecule has 2 N–H and O–H groups in total. The van der Waals surface area contributed by atoms with Crippen LogP contribution in [0.2, 0.25) is 5.02 Å². The van der Waals surface area contributed by atoms with Crippen LogP contribution in [0.1, 0.15) is 27.7 Å². The summed E-state index contributed by atoms with van der Waals surface area (Å²) in [5, 5.41) is 5.61. The number of benzene rings is 1. The molecule has 0 saturated heterocycles. The topological polar surface area (TPSA) is 103 Å². The Morgan fingerprint density at radius 3 is 2.43 bits per heavy atom. The van der Waals surface area contributed by atoms with Crippen LogP contribution in [-0.4, -0.2) is 42.8 Å². The fraction of sp³-hybridized carbons (Fsp3) is 0.421. The summed E-state index contributed by atoms with van der Waals surface area (Å²) in [7, 11) is 0. The third kappa shape index (κ3) is 5.39. The second-order valence-corrected chi connectivity index (χ2v) is 7.01. The van der Waals surface area contributed by atoms with Crippen molar-refractivity contribution in [3.8, 4) is 5.75 Å². The number of rotatable bonds is 7. The molecule has 2 amide bonds. The quantitative estimate of drug-likeness (QED) is 0.669. The summed E-state index contributed by atoms with van der Waals surface area (Å²) in [4.78, 5) is 36.4. The normalized spacial score (nSPS) is 16.8. The van der Waals surface area contributed by atoms with Gasteiger partial charge in [-0.2, -0.15) is 0 Å². The van der Waals surface area contributed by atoms with E-state index in [-0.39, 0.29) is 24.5 Å². The second kappa shape index (κ2) is 8.97. The van der Waals surface area contributed by atoms with Gasteiger partial charge in [-0.1, -0.05) is 11.6 Å². The second-order valence-electron chi connectivity index (χ2n) is 6.58. The van der Waals surface area contributed by atoms with Crippen molar-refractivity contribution in [3.63, 3.8) is 0 Å². The van der Waals surface area contributed by atoms with Crippen molar-refractivity contribution < 1.29 is 28.6 Å². The standard InChI is InChI=1S/C19H23ClN2O6/c1-5-26-16(23)15-11(2)21-18(25)22-14(15)10-27-17(24)19(3,4)28-13-8-6-12(20)7-9-13/h6-9,11H,5,10H2,1-4H3,(H2,21,22,25)/t11-/m1/s1. The molecule has 28 heavy (non-hydrogen) atoms. The third-order valence-electron chi connectivity index (χ3n) is 3.89. The summed E-state index contributed by atoms with van der Waals surface area (Å²) in [6.07, 6.45) is 0. The number of halogens is 1. The summed E-state index contributed by atoms with van der Waals surface area (Å²) in [5.74, 6) is -0.814. The highest BCUT2D eigenvalue weighted by atomic mass is 35.5. The van der Waals surface area contributed by atoms with E-state index in [4.69, 9.17) is 25.8 Å². The van der Waals surface area contributed by atoms with Crippen LogP contribution in [0.25, 0.3) is 0 Å². The van der Waals surface area contributed by atoms with Gasteiger partial charge in [0.2, 0.25) is 0 Å². The van der Waals surface area contributed by atoms with Crippen molar-refractivity contribution in [1.29, 1.82) is 0 Å². The summed E-state index contributed by atoms with van der Waals surface area (Å²) < 4.78 is 16.0. The molecule has 0 spiro atoms. The first-order valence-corrected chi connectivity index (χ1v) is 9.11. The Morgan fingerprint density at radius 2 is 1.82 bits per heavy atom. The fourth-order valence-corrected chi connectivity index (χ4v) is 2.67. The van der Waals surface area contributed by atoms with Crippen LogP contribution < -0.4 is 15.4 Å². The Balaban J connectivity index is 2.11. The van der Waals surface area contributed by atoms with Crippen LogP contribution in [0, 0.1) is 0 Å². The Hall–Kier alpha value is -2.74. The van der Waals surface area contributed by atoms with Crippen molar-refractivity contribution in [2.75, 3.05) is 13.2 Å². The zero-order valence-electron chi connectivity index (χ0n) is 16.1. The Morgan fingerprint density at radius 1 is 1.18 bits per heavy atom. The largest absolute Gasteiger partial charge is 0.476 e. The molecule has 152 valence electrons. The first kappa shape index (κ1) is 21.6. The zero-order valence-corrected chi connectivity index (χ0v) is 16.9. The van der Waals surface area contributed by atoms with Crippen LogP contribution in [0.5, 0.6) is 5.75 Å². The minimum atomic E-state index is -1.30. The number of amides is 2. The SMILES string of the molecule is CCOC(=O)C1=C(COC(=O)C(C)(C)Oc2ccc(Cl)cc2)NC(=O)N[C@@H]1C. The number of esters is 2. The van der Waals surface area contributed by atoms with Crippen LogP contribution in [-0.2, 0) is 19.1 Å². The van der Waals surface area contributed by atoms with Gasteiger partial charge in [0, 0.05) is 5.02 Å². The van der Waals surface area contributed by atoms with Gasteiger partial charge < -0.3 is 24.8 Å². The molecule has 8 nitrogen and oxygen atoms in total. The Labute approximate surface area is 168 Å². The van der Waals surface area contributed by atoms with E-state index in [1.807, 2.05) is 0 Å². The molecule has 2 rings (SSSR count). The molecule has 0 aromatic heterocycles. The predicted molar refractivity (Wildman–Crippen MR) is 102 cm³/mol. The highest BCUT2D eigenvalue weighted by Crippen LogP contribution is 2.22. The van der Waals surface area contributed by atoms with Gasteiger partial charge >= 0.3 is 18.0 Å². The molecule has 9 heteroatoms. The van der Waals surface area contributed by atoms with Crippen LogP contribution in [0.4, 0.5) is 4.79 Å². The van der Waals surface area contributed by atoms with E-state index in [1.165, 1.54) is 0 Å². The molecule has 0 fully saturated rings. The molecular weight excluding hydrogens is 388 g/mol. The zero-order chi connectivity index (χ0) is 20.9. The molecule has 1 aromatic carbocycles. The maximum atomic E-state index is 12.5. The van der Waals surface area contributed by atoms with Gasteiger partial charge in [-0.05, 0) is 52.0 Å². The van der Waals surface area contributed by atoms with Gasteiger partial charge in [0.25, 0.3) is 0 Å². The van der Waals surface area contributed by atoms with E-state index in [0.29, 0.717) is 10.8 Å². The minimum Gasteiger partial charge on any atom is -0.476 e. The molecule has 0 bridgehead atoms. The van der Waals surface area contributed by atoms with E-state index in [0.717, 1.165) is 0 Å². The smallest absolute Gasteiger partial charge is 0.350 e. The van der Waals surface area contributed by atoms with Gasteiger partial charge in [-0.25, -0.2) is 14.4 Å². The number of urea groups is 1. The molecule has 1 aromatic rings. The lowest BCUT2D eigenvalue weighted by Crippen LogP contribution is -2.50. The van der Waals surface area contributed by atoms with Gasteiger partial charge in [-0.3, -0.25) is 0 Å². The Kier molecular flexibility index (Phi) is 6.90. The average molecular weight is 411 g/mol. The van der Waals surface area contributed by atoms with Gasteiger partial charge in [0.1, 0.15) is 12.4 Å².